The van der Waals surface area contributed by atoms with E-state index in [4.69, 9.17) is 5.11 Å². The molecule has 1 N–H and O–H groups in total. The smallest absolute Gasteiger partial charge is 0.320 e. The maximum Gasteiger partial charge on any atom is 0.320 e. The summed E-state index contributed by atoms with van der Waals surface area (Å²) in [5.41, 5.74) is -0.893. The second-order valence-electron chi connectivity index (χ2n) is 5.61. The van der Waals surface area contributed by atoms with E-state index in [2.05, 4.69) is 6.92 Å². The van der Waals surface area contributed by atoms with Gasteiger partial charge in [0.15, 0.2) is 0 Å². The third-order valence-corrected chi connectivity index (χ3v) is 3.49. The number of amides is 2. The predicted octanol–water partition coefficient (Wildman–Crippen LogP) is 2.02. The fourth-order valence-corrected chi connectivity index (χ4v) is 2.31. The van der Waals surface area contributed by atoms with Crippen LogP contribution in [0.3, 0.4) is 0 Å². The average Bonchev–Trinajstić information content (AvgIpc) is 2.57. The second kappa shape index (κ2) is 5.59. The fourth-order valence-electron chi connectivity index (χ4n) is 2.31. The topological polar surface area (TPSA) is 60.9 Å². The van der Waals surface area contributed by atoms with Crippen molar-refractivity contribution in [3.63, 3.8) is 0 Å². The number of carbonyl (C=O) groups is 2. The van der Waals surface area contributed by atoms with Gasteiger partial charge in [-0.1, -0.05) is 13.8 Å². The van der Waals surface area contributed by atoms with Crippen molar-refractivity contribution in [2.45, 2.75) is 46.6 Å². The van der Waals surface area contributed by atoms with E-state index in [1.165, 1.54) is 0 Å². The van der Waals surface area contributed by atoms with Crippen LogP contribution in [0.25, 0.3) is 0 Å². The number of hydrogen-bond acceptors (Lipinski definition) is 2. The molecule has 0 aromatic carbocycles. The summed E-state index contributed by atoms with van der Waals surface area (Å²) >= 11 is 0. The van der Waals surface area contributed by atoms with Crippen molar-refractivity contribution in [3.8, 4) is 0 Å². The number of hydrogen-bond donors (Lipinski definition) is 1. The number of carbonyl (C=O) groups excluding carboxylic acids is 1. The highest BCUT2D eigenvalue weighted by atomic mass is 16.4. The van der Waals surface area contributed by atoms with Crippen molar-refractivity contribution in [3.05, 3.63) is 0 Å². The van der Waals surface area contributed by atoms with Crippen LogP contribution >= 0.6 is 0 Å². The van der Waals surface area contributed by atoms with Crippen LogP contribution in [-0.4, -0.2) is 52.6 Å². The van der Waals surface area contributed by atoms with E-state index >= 15 is 0 Å². The van der Waals surface area contributed by atoms with Gasteiger partial charge in [0.25, 0.3) is 0 Å². The van der Waals surface area contributed by atoms with Gasteiger partial charge in [-0.3, -0.25) is 4.79 Å². The second-order valence-corrected chi connectivity index (χ2v) is 5.61. The predicted molar refractivity (Wildman–Crippen MR) is 69.5 cm³/mol. The quantitative estimate of drug-likeness (QED) is 0.791. The lowest BCUT2D eigenvalue weighted by atomic mass is 9.93. The molecule has 104 valence electrons. The Bertz CT molecular complexity index is 328. The molecule has 18 heavy (non-hydrogen) atoms. The summed E-state index contributed by atoms with van der Waals surface area (Å²) in [4.78, 5) is 26.9. The number of nitrogens with zero attached hydrogens (tertiary/aromatic N) is 2. The van der Waals surface area contributed by atoms with E-state index in [0.29, 0.717) is 6.54 Å². The lowest BCUT2D eigenvalue weighted by Gasteiger charge is -2.26. The summed E-state index contributed by atoms with van der Waals surface area (Å²) in [5, 5.41) is 9.13. The Balaban J connectivity index is 2.75. The van der Waals surface area contributed by atoms with Gasteiger partial charge in [-0.15, -0.1) is 0 Å². The molecular weight excluding hydrogens is 232 g/mol. The minimum Gasteiger partial charge on any atom is -0.481 e. The molecule has 1 rings (SSSR count). The molecule has 1 fully saturated rings. The van der Waals surface area contributed by atoms with Gasteiger partial charge in [0.1, 0.15) is 0 Å². The van der Waals surface area contributed by atoms with Gasteiger partial charge in [-0.05, 0) is 26.7 Å². The van der Waals surface area contributed by atoms with Gasteiger partial charge >= 0.3 is 12.0 Å². The van der Waals surface area contributed by atoms with Crippen LogP contribution in [-0.2, 0) is 4.79 Å². The van der Waals surface area contributed by atoms with Crippen molar-refractivity contribution in [1.82, 2.24) is 9.80 Å². The number of aliphatic carboxylic acids is 1. The average molecular weight is 256 g/mol. The molecule has 0 saturated carbocycles. The van der Waals surface area contributed by atoms with Gasteiger partial charge in [-0.25, -0.2) is 4.79 Å². The highest BCUT2D eigenvalue weighted by molar-refractivity contribution is 5.79. The number of urea groups is 1. The summed E-state index contributed by atoms with van der Waals surface area (Å²) in [5.74, 6) is -0.864. The monoisotopic (exact) mass is 256 g/mol. The number of carboxylic acids is 1. The van der Waals surface area contributed by atoms with E-state index in [1.54, 1.807) is 18.7 Å². The molecule has 0 aromatic rings. The van der Waals surface area contributed by atoms with E-state index in [-0.39, 0.29) is 18.6 Å². The lowest BCUT2D eigenvalue weighted by Crippen LogP contribution is -2.41. The molecular formula is C13H24N2O3. The Morgan fingerprint density at radius 3 is 2.50 bits per heavy atom. The summed E-state index contributed by atoms with van der Waals surface area (Å²) in [6.07, 6.45) is 1.84. The first kappa shape index (κ1) is 14.8. The summed E-state index contributed by atoms with van der Waals surface area (Å²) in [6.45, 7) is 9.10. The van der Waals surface area contributed by atoms with E-state index in [9.17, 15) is 9.59 Å². The molecule has 1 heterocycles. The van der Waals surface area contributed by atoms with Crippen molar-refractivity contribution in [2.24, 2.45) is 5.41 Å². The van der Waals surface area contributed by atoms with Crippen LogP contribution in [0, 0.1) is 5.41 Å². The zero-order chi connectivity index (χ0) is 13.9. The molecule has 0 unspecified atom stereocenters. The summed E-state index contributed by atoms with van der Waals surface area (Å²) in [7, 11) is 0. The zero-order valence-corrected chi connectivity index (χ0v) is 11.8. The molecule has 0 spiro atoms. The van der Waals surface area contributed by atoms with Gasteiger partial charge in [0.2, 0.25) is 0 Å². The highest BCUT2D eigenvalue weighted by Crippen LogP contribution is 2.24. The Hall–Kier alpha value is -1.26. The lowest BCUT2D eigenvalue weighted by molar-refractivity contribution is -0.147. The van der Waals surface area contributed by atoms with Crippen molar-refractivity contribution >= 4 is 12.0 Å². The van der Waals surface area contributed by atoms with Crippen molar-refractivity contribution < 1.29 is 14.7 Å². The van der Waals surface area contributed by atoms with Crippen molar-refractivity contribution in [2.75, 3.05) is 19.6 Å². The standard InChI is InChI=1S/C13H24N2O3/c1-5-7-15-10(6-2)8-14(12(15)18)9-13(3,4)11(16)17/h10H,5-9H2,1-4H3,(H,16,17)/t10-/m0/s1. The first-order valence-electron chi connectivity index (χ1n) is 6.62. The molecule has 1 aliphatic heterocycles. The summed E-state index contributed by atoms with van der Waals surface area (Å²) in [6, 6.07) is 0.208. The molecule has 5 nitrogen and oxygen atoms in total. The molecule has 0 aliphatic carbocycles. The molecule has 1 aliphatic rings. The Morgan fingerprint density at radius 1 is 1.44 bits per heavy atom. The third kappa shape index (κ3) is 2.94. The van der Waals surface area contributed by atoms with Crippen LogP contribution in [0.4, 0.5) is 4.79 Å². The Labute approximate surface area is 109 Å². The fraction of sp³-hybridized carbons (Fsp3) is 0.846. The largest absolute Gasteiger partial charge is 0.481 e. The van der Waals surface area contributed by atoms with Gasteiger partial charge < -0.3 is 14.9 Å². The van der Waals surface area contributed by atoms with Gasteiger partial charge in [0, 0.05) is 19.6 Å². The van der Waals surface area contributed by atoms with Crippen LogP contribution < -0.4 is 0 Å². The molecule has 2 amide bonds. The molecule has 0 aromatic heterocycles. The molecule has 5 heteroatoms. The molecule has 1 saturated heterocycles. The molecule has 0 radical (unpaired) electrons. The Kier molecular flexibility index (Phi) is 4.59. The third-order valence-electron chi connectivity index (χ3n) is 3.49. The van der Waals surface area contributed by atoms with E-state index in [1.807, 2.05) is 11.8 Å². The van der Waals surface area contributed by atoms with Gasteiger partial charge in [-0.2, -0.15) is 0 Å². The number of rotatable bonds is 6. The highest BCUT2D eigenvalue weighted by Gasteiger charge is 2.40. The van der Waals surface area contributed by atoms with Crippen LogP contribution in [0.15, 0.2) is 0 Å². The van der Waals surface area contributed by atoms with Crippen LogP contribution in [0.1, 0.15) is 40.5 Å². The Morgan fingerprint density at radius 2 is 2.06 bits per heavy atom. The van der Waals surface area contributed by atoms with E-state index in [0.717, 1.165) is 19.4 Å². The first-order valence-corrected chi connectivity index (χ1v) is 6.62. The van der Waals surface area contributed by atoms with Gasteiger partial charge in [0.05, 0.1) is 11.5 Å². The maximum atomic E-state index is 12.2. The van der Waals surface area contributed by atoms with E-state index < -0.39 is 11.4 Å². The van der Waals surface area contributed by atoms with Crippen LogP contribution in [0.5, 0.6) is 0 Å². The maximum absolute atomic E-state index is 12.2. The normalized spacial score (nSPS) is 20.7. The SMILES string of the molecule is CCCN1C(=O)N(CC(C)(C)C(=O)O)C[C@@H]1CC. The first-order chi connectivity index (χ1) is 8.33. The molecule has 1 atom stereocenters. The minimum absolute atomic E-state index is 0.0157. The summed E-state index contributed by atoms with van der Waals surface area (Å²) < 4.78 is 0. The molecule has 0 bridgehead atoms. The minimum atomic E-state index is -0.893. The zero-order valence-electron chi connectivity index (χ0n) is 11.8. The number of carboxylic acid groups (broad SMARTS) is 1. The van der Waals surface area contributed by atoms with Crippen molar-refractivity contribution in [1.29, 1.82) is 0 Å². The van der Waals surface area contributed by atoms with Crippen LogP contribution in [0.2, 0.25) is 0 Å².